The van der Waals surface area contributed by atoms with Crippen LogP contribution in [0.4, 0.5) is 5.69 Å². The second-order valence-corrected chi connectivity index (χ2v) is 6.98. The highest BCUT2D eigenvalue weighted by atomic mass is 32.2. The Balaban J connectivity index is 2.01. The largest absolute Gasteiger partial charge is 0.506 e. The van der Waals surface area contributed by atoms with Crippen molar-refractivity contribution >= 4 is 34.5 Å². The number of aliphatic hydroxyl groups excluding tert-OH is 1. The van der Waals surface area contributed by atoms with Gasteiger partial charge in [-0.25, -0.2) is 9.79 Å². The molecule has 29 heavy (non-hydrogen) atoms. The number of aliphatic hydroxyl groups is 1. The van der Waals surface area contributed by atoms with Crippen LogP contribution in [0.25, 0.3) is 6.08 Å². The van der Waals surface area contributed by atoms with Crippen molar-refractivity contribution in [3.63, 3.8) is 0 Å². The second kappa shape index (κ2) is 9.34. The van der Waals surface area contributed by atoms with Crippen molar-refractivity contribution in [3.05, 3.63) is 70.3 Å². The summed E-state index contributed by atoms with van der Waals surface area (Å²) in [5.41, 5.74) is 1.51. The highest BCUT2D eigenvalue weighted by Crippen LogP contribution is 2.40. The van der Waals surface area contributed by atoms with Crippen molar-refractivity contribution in [1.82, 2.24) is 0 Å². The van der Waals surface area contributed by atoms with Crippen molar-refractivity contribution in [1.29, 1.82) is 0 Å². The van der Waals surface area contributed by atoms with Crippen LogP contribution in [-0.4, -0.2) is 36.9 Å². The lowest BCUT2D eigenvalue weighted by Gasteiger charge is -2.04. The van der Waals surface area contributed by atoms with Gasteiger partial charge in [0.05, 0.1) is 31.4 Å². The highest BCUT2D eigenvalue weighted by Gasteiger charge is 2.33. The molecule has 0 bridgehead atoms. The summed E-state index contributed by atoms with van der Waals surface area (Å²) in [4.78, 5) is 17.5. The first-order chi connectivity index (χ1) is 14.0. The molecule has 0 aromatic heterocycles. The molecule has 0 spiro atoms. The summed E-state index contributed by atoms with van der Waals surface area (Å²) in [6.45, 7) is 1.91. The van der Waals surface area contributed by atoms with Crippen LogP contribution in [0.2, 0.25) is 0 Å². The van der Waals surface area contributed by atoms with Gasteiger partial charge in [0.15, 0.2) is 0 Å². The van der Waals surface area contributed by atoms with E-state index >= 15 is 0 Å². The fourth-order valence-electron chi connectivity index (χ4n) is 2.65. The van der Waals surface area contributed by atoms with E-state index in [9.17, 15) is 9.90 Å². The molecule has 2 aromatic carbocycles. The number of aliphatic imine (C=N–C) groups is 1. The first-order valence-electron chi connectivity index (χ1n) is 8.93. The van der Waals surface area contributed by atoms with Gasteiger partial charge in [0.25, 0.3) is 0 Å². The monoisotopic (exact) mass is 411 g/mol. The summed E-state index contributed by atoms with van der Waals surface area (Å²) < 4.78 is 15.5. The number of benzene rings is 2. The molecule has 0 radical (unpaired) electrons. The van der Waals surface area contributed by atoms with Crippen LogP contribution < -0.4 is 9.47 Å². The molecule has 0 amide bonds. The summed E-state index contributed by atoms with van der Waals surface area (Å²) in [6, 6.07) is 14.5. The Kier molecular flexibility index (Phi) is 6.61. The maximum atomic E-state index is 12.5. The van der Waals surface area contributed by atoms with Gasteiger partial charge < -0.3 is 19.3 Å². The Bertz CT molecular complexity index is 993. The van der Waals surface area contributed by atoms with Crippen molar-refractivity contribution in [2.75, 3.05) is 20.8 Å². The summed E-state index contributed by atoms with van der Waals surface area (Å²) >= 11 is 1.21. The molecule has 3 rings (SSSR count). The Morgan fingerprint density at radius 3 is 2.48 bits per heavy atom. The lowest BCUT2D eigenvalue weighted by atomic mass is 10.1. The van der Waals surface area contributed by atoms with E-state index in [1.807, 2.05) is 24.3 Å². The van der Waals surface area contributed by atoms with Crippen LogP contribution in [0.5, 0.6) is 11.5 Å². The maximum Gasteiger partial charge on any atom is 0.344 e. The number of rotatable bonds is 6. The lowest BCUT2D eigenvalue weighted by Crippen LogP contribution is -2.12. The Morgan fingerprint density at radius 1 is 1.10 bits per heavy atom. The molecule has 2 aromatic rings. The van der Waals surface area contributed by atoms with Crippen molar-refractivity contribution in [2.45, 2.75) is 6.92 Å². The third-order valence-corrected chi connectivity index (χ3v) is 5.08. The number of esters is 1. The fraction of sp³-hybridized carbons (Fsp3) is 0.182. The molecule has 7 heteroatoms. The van der Waals surface area contributed by atoms with Crippen molar-refractivity contribution in [3.8, 4) is 11.5 Å². The van der Waals surface area contributed by atoms with Gasteiger partial charge in [0.2, 0.25) is 0 Å². The summed E-state index contributed by atoms with van der Waals surface area (Å²) in [7, 11) is 3.18. The molecule has 1 N–H and O–H groups in total. The molecule has 0 atom stereocenters. The molecule has 0 unspecified atom stereocenters. The SMILES string of the molecule is CCOC(=O)C1=C(O)/C(=C/c2cccc(OC)c2)SC1=Nc1ccc(OC)cc1. The van der Waals surface area contributed by atoms with Gasteiger partial charge in [-0.1, -0.05) is 23.9 Å². The fourth-order valence-corrected chi connectivity index (χ4v) is 3.68. The van der Waals surface area contributed by atoms with E-state index in [0.29, 0.717) is 27.1 Å². The van der Waals surface area contributed by atoms with Crippen molar-refractivity contribution < 1.29 is 24.1 Å². The molecule has 0 aliphatic carbocycles. The van der Waals surface area contributed by atoms with E-state index in [1.165, 1.54) is 11.8 Å². The first kappa shape index (κ1) is 20.5. The van der Waals surface area contributed by atoms with Crippen LogP contribution in [0.1, 0.15) is 12.5 Å². The smallest absolute Gasteiger partial charge is 0.344 e. The molecular weight excluding hydrogens is 390 g/mol. The number of ether oxygens (including phenoxy) is 3. The third kappa shape index (κ3) is 4.81. The van der Waals surface area contributed by atoms with Gasteiger partial charge in [-0.05, 0) is 55.0 Å². The minimum absolute atomic E-state index is 0.0572. The van der Waals surface area contributed by atoms with Crippen LogP contribution in [0.3, 0.4) is 0 Å². The number of thioether (sulfide) groups is 1. The van der Waals surface area contributed by atoms with E-state index in [1.54, 1.807) is 51.5 Å². The molecule has 1 aliphatic rings. The minimum atomic E-state index is -0.612. The number of hydrogen-bond donors (Lipinski definition) is 1. The average Bonchev–Trinajstić information content (AvgIpc) is 3.03. The maximum absolute atomic E-state index is 12.5. The number of methoxy groups -OCH3 is 2. The molecule has 6 nitrogen and oxygen atoms in total. The third-order valence-electron chi connectivity index (χ3n) is 4.06. The normalized spacial score (nSPS) is 16.4. The van der Waals surface area contributed by atoms with Gasteiger partial charge >= 0.3 is 5.97 Å². The van der Waals surface area contributed by atoms with Crippen LogP contribution in [0.15, 0.2) is 69.8 Å². The quantitative estimate of drug-likeness (QED) is 0.682. The first-order valence-corrected chi connectivity index (χ1v) is 9.74. The highest BCUT2D eigenvalue weighted by molar-refractivity contribution is 8.18. The van der Waals surface area contributed by atoms with Gasteiger partial charge in [-0.15, -0.1) is 0 Å². The molecule has 150 valence electrons. The van der Waals surface area contributed by atoms with E-state index in [-0.39, 0.29) is 17.9 Å². The van der Waals surface area contributed by atoms with E-state index in [2.05, 4.69) is 4.99 Å². The Labute approximate surface area is 173 Å². The standard InChI is InChI=1S/C22H21NO5S/c1-4-28-22(25)19-20(24)18(13-14-6-5-7-17(12-14)27-3)29-21(19)23-15-8-10-16(26-2)11-9-15/h5-13,24H,4H2,1-3H3/b18-13-,23-21?. The molecule has 0 saturated heterocycles. The van der Waals surface area contributed by atoms with Crippen LogP contribution >= 0.6 is 11.8 Å². The summed E-state index contributed by atoms with van der Waals surface area (Å²) in [6.07, 6.45) is 1.78. The van der Waals surface area contributed by atoms with E-state index < -0.39 is 5.97 Å². The van der Waals surface area contributed by atoms with Gasteiger partial charge in [-0.2, -0.15) is 0 Å². The molecular formula is C22H21NO5S. The summed E-state index contributed by atoms with van der Waals surface area (Å²) in [5.74, 6) is 0.640. The molecule has 0 saturated carbocycles. The zero-order valence-corrected chi connectivity index (χ0v) is 17.2. The second-order valence-electron chi connectivity index (χ2n) is 5.95. The number of nitrogens with zero attached hydrogens (tertiary/aromatic N) is 1. The molecule has 0 fully saturated rings. The molecule has 1 heterocycles. The zero-order chi connectivity index (χ0) is 20.8. The zero-order valence-electron chi connectivity index (χ0n) is 16.3. The lowest BCUT2D eigenvalue weighted by molar-refractivity contribution is -0.138. The van der Waals surface area contributed by atoms with E-state index in [0.717, 1.165) is 5.56 Å². The Morgan fingerprint density at radius 2 is 1.83 bits per heavy atom. The van der Waals surface area contributed by atoms with E-state index in [4.69, 9.17) is 14.2 Å². The van der Waals surface area contributed by atoms with Crippen LogP contribution in [0, 0.1) is 0 Å². The topological polar surface area (TPSA) is 77.4 Å². The predicted octanol–water partition coefficient (Wildman–Crippen LogP) is 4.90. The van der Waals surface area contributed by atoms with Crippen LogP contribution in [-0.2, 0) is 9.53 Å². The average molecular weight is 411 g/mol. The Hall–Kier alpha value is -3.19. The summed E-state index contributed by atoms with van der Waals surface area (Å²) in [5, 5.41) is 11.1. The van der Waals surface area contributed by atoms with Crippen molar-refractivity contribution in [2.24, 2.45) is 4.99 Å². The minimum Gasteiger partial charge on any atom is -0.506 e. The number of hydrogen-bond acceptors (Lipinski definition) is 7. The number of carbonyl (C=O) groups excluding carboxylic acids is 1. The number of carbonyl (C=O) groups is 1. The predicted molar refractivity (Wildman–Crippen MR) is 115 cm³/mol. The molecule has 1 aliphatic heterocycles. The van der Waals surface area contributed by atoms with Gasteiger partial charge in [0.1, 0.15) is 27.9 Å². The van der Waals surface area contributed by atoms with Gasteiger partial charge in [0, 0.05) is 0 Å². The van der Waals surface area contributed by atoms with Gasteiger partial charge in [-0.3, -0.25) is 0 Å².